The smallest absolute Gasteiger partial charge is 0.311 e. The summed E-state index contributed by atoms with van der Waals surface area (Å²) >= 11 is 0. The summed E-state index contributed by atoms with van der Waals surface area (Å²) in [6.07, 6.45) is 9.32. The fourth-order valence-electron chi connectivity index (χ4n) is 5.93. The number of carbonyl (C=O) groups excluding carboxylic acids is 1. The Hall–Kier alpha value is -1.05. The summed E-state index contributed by atoms with van der Waals surface area (Å²) in [6.45, 7) is 9.11. The van der Waals surface area contributed by atoms with Gasteiger partial charge < -0.3 is 4.74 Å². The summed E-state index contributed by atoms with van der Waals surface area (Å²) in [4.78, 5) is 12.5. The lowest BCUT2D eigenvalue weighted by Gasteiger charge is -2.55. The molecule has 0 bridgehead atoms. The molecule has 0 radical (unpaired) electrons. The third-order valence-electron chi connectivity index (χ3n) is 7.24. The fourth-order valence-corrected chi connectivity index (χ4v) is 5.93. The molecule has 23 heavy (non-hydrogen) atoms. The van der Waals surface area contributed by atoms with Gasteiger partial charge in [-0.05, 0) is 77.0 Å². The molecule has 0 spiro atoms. The number of carbonyl (C=O) groups is 1. The Morgan fingerprint density at radius 1 is 1.13 bits per heavy atom. The fraction of sp³-hybridized carbons (Fsp3) is 0.762. The summed E-state index contributed by atoms with van der Waals surface area (Å²) < 4.78 is 5.21. The van der Waals surface area contributed by atoms with E-state index in [-0.39, 0.29) is 16.8 Å². The summed E-state index contributed by atoms with van der Waals surface area (Å²) in [6, 6.07) is 0. The number of ether oxygens (including phenoxy) is 1. The minimum atomic E-state index is -0.295. The Kier molecular flexibility index (Phi) is 4.23. The number of rotatable bonds is 1. The molecule has 2 nitrogen and oxygen atoms in total. The maximum absolute atomic E-state index is 12.5. The Bertz CT molecular complexity index is 579. The van der Waals surface area contributed by atoms with E-state index in [9.17, 15) is 4.79 Å². The molecule has 0 unspecified atom stereocenters. The molecule has 1 saturated carbocycles. The van der Waals surface area contributed by atoms with Gasteiger partial charge in [-0.1, -0.05) is 35.6 Å². The molecule has 0 aromatic heterocycles. The van der Waals surface area contributed by atoms with Crippen LogP contribution in [-0.2, 0) is 9.53 Å². The van der Waals surface area contributed by atoms with E-state index < -0.39 is 0 Å². The van der Waals surface area contributed by atoms with Crippen LogP contribution in [0.3, 0.4) is 0 Å². The van der Waals surface area contributed by atoms with Gasteiger partial charge in [-0.25, -0.2) is 0 Å². The third-order valence-corrected chi connectivity index (χ3v) is 7.24. The van der Waals surface area contributed by atoms with E-state index in [1.807, 2.05) is 0 Å². The molecule has 0 aromatic rings. The van der Waals surface area contributed by atoms with Crippen LogP contribution in [0.15, 0.2) is 22.3 Å². The SMILES string of the molecule is COC(=O)[C@]1(C)CCC[C@]2(C)C3=C(CC[C@@H]12)CC(=C(C)C)CC3. The summed E-state index contributed by atoms with van der Waals surface area (Å²) in [5, 5.41) is 0. The Morgan fingerprint density at radius 2 is 1.87 bits per heavy atom. The Balaban J connectivity index is 1.99. The molecule has 0 saturated heterocycles. The third kappa shape index (κ3) is 2.49. The van der Waals surface area contributed by atoms with Crippen LogP contribution in [0.25, 0.3) is 0 Å². The van der Waals surface area contributed by atoms with Crippen LogP contribution in [0.2, 0.25) is 0 Å². The lowest BCUT2D eigenvalue weighted by atomic mass is 9.48. The number of hydrogen-bond donors (Lipinski definition) is 0. The summed E-state index contributed by atoms with van der Waals surface area (Å²) in [5.74, 6) is 0.460. The highest BCUT2D eigenvalue weighted by atomic mass is 16.5. The standard InChI is InChI=1S/C21H32O2/c1-14(2)15-7-9-17-16(13-15)8-10-18-20(17,3)11-6-12-21(18,4)19(22)23-5/h18H,6-13H2,1-5H3/t18-,20-,21-/m1/s1. The summed E-state index contributed by atoms with van der Waals surface area (Å²) in [5.41, 5.74) is 6.47. The van der Waals surface area contributed by atoms with Gasteiger partial charge in [-0.3, -0.25) is 4.79 Å². The molecule has 0 heterocycles. The van der Waals surface area contributed by atoms with Crippen molar-refractivity contribution in [2.45, 2.75) is 79.1 Å². The van der Waals surface area contributed by atoms with Crippen molar-refractivity contribution in [1.82, 2.24) is 0 Å². The van der Waals surface area contributed by atoms with Crippen molar-refractivity contribution in [2.24, 2.45) is 16.7 Å². The second-order valence-corrected chi connectivity index (χ2v) is 8.63. The molecule has 3 atom stereocenters. The number of methoxy groups -OCH3 is 1. The Morgan fingerprint density at radius 3 is 2.52 bits per heavy atom. The van der Waals surface area contributed by atoms with Crippen molar-refractivity contribution < 1.29 is 9.53 Å². The Labute approximate surface area is 141 Å². The quantitative estimate of drug-likeness (QED) is 0.466. The van der Waals surface area contributed by atoms with E-state index in [1.54, 1.807) is 23.8 Å². The van der Waals surface area contributed by atoms with Gasteiger partial charge >= 0.3 is 5.97 Å². The molecule has 3 aliphatic rings. The van der Waals surface area contributed by atoms with Gasteiger partial charge in [-0.2, -0.15) is 0 Å². The van der Waals surface area contributed by atoms with Crippen molar-refractivity contribution >= 4 is 5.97 Å². The first kappa shape index (κ1) is 16.8. The van der Waals surface area contributed by atoms with Gasteiger partial charge in [0.1, 0.15) is 0 Å². The summed E-state index contributed by atoms with van der Waals surface area (Å²) in [7, 11) is 1.55. The zero-order chi connectivity index (χ0) is 16.8. The topological polar surface area (TPSA) is 26.3 Å². The monoisotopic (exact) mass is 316 g/mol. The number of esters is 1. The van der Waals surface area contributed by atoms with Crippen molar-refractivity contribution in [3.63, 3.8) is 0 Å². The second-order valence-electron chi connectivity index (χ2n) is 8.63. The van der Waals surface area contributed by atoms with Gasteiger partial charge in [0, 0.05) is 0 Å². The van der Waals surface area contributed by atoms with Crippen LogP contribution in [0, 0.1) is 16.7 Å². The van der Waals surface area contributed by atoms with Crippen molar-refractivity contribution in [3.8, 4) is 0 Å². The van der Waals surface area contributed by atoms with E-state index in [2.05, 4.69) is 27.7 Å². The van der Waals surface area contributed by atoms with Crippen molar-refractivity contribution in [3.05, 3.63) is 22.3 Å². The van der Waals surface area contributed by atoms with Gasteiger partial charge in [0.2, 0.25) is 0 Å². The molecule has 2 heteroatoms. The highest BCUT2D eigenvalue weighted by molar-refractivity contribution is 5.77. The number of hydrogen-bond acceptors (Lipinski definition) is 2. The molecule has 3 aliphatic carbocycles. The van der Waals surface area contributed by atoms with Crippen LogP contribution in [0.5, 0.6) is 0 Å². The molecule has 3 rings (SSSR count). The molecule has 0 N–H and O–H groups in total. The number of allylic oxidation sites excluding steroid dienone is 4. The first-order chi connectivity index (χ1) is 10.8. The van der Waals surface area contributed by atoms with E-state index in [1.165, 1.54) is 37.7 Å². The molecule has 0 aliphatic heterocycles. The molecular weight excluding hydrogens is 284 g/mol. The second kappa shape index (κ2) is 5.79. The molecule has 1 fully saturated rings. The largest absolute Gasteiger partial charge is 0.469 e. The highest BCUT2D eigenvalue weighted by Gasteiger charge is 2.56. The van der Waals surface area contributed by atoms with Crippen LogP contribution in [0.1, 0.15) is 79.1 Å². The van der Waals surface area contributed by atoms with Crippen LogP contribution < -0.4 is 0 Å². The lowest BCUT2D eigenvalue weighted by Crippen LogP contribution is -2.51. The van der Waals surface area contributed by atoms with Gasteiger partial charge in [0.05, 0.1) is 12.5 Å². The van der Waals surface area contributed by atoms with E-state index >= 15 is 0 Å². The zero-order valence-corrected chi connectivity index (χ0v) is 15.6. The lowest BCUT2D eigenvalue weighted by molar-refractivity contribution is -0.163. The van der Waals surface area contributed by atoms with Crippen LogP contribution in [0.4, 0.5) is 0 Å². The normalized spacial score (nSPS) is 37.1. The first-order valence-electron chi connectivity index (χ1n) is 9.28. The average Bonchev–Trinajstić information content (AvgIpc) is 2.53. The molecule has 128 valence electrons. The molecule has 0 aromatic carbocycles. The van der Waals surface area contributed by atoms with Crippen molar-refractivity contribution in [1.29, 1.82) is 0 Å². The highest BCUT2D eigenvalue weighted by Crippen LogP contribution is 2.62. The van der Waals surface area contributed by atoms with Crippen LogP contribution in [-0.4, -0.2) is 13.1 Å². The number of fused-ring (bicyclic) bond motifs is 2. The van der Waals surface area contributed by atoms with E-state index in [0.29, 0.717) is 5.92 Å². The first-order valence-corrected chi connectivity index (χ1v) is 9.28. The average molecular weight is 316 g/mol. The van der Waals surface area contributed by atoms with Gasteiger partial charge in [0.15, 0.2) is 0 Å². The maximum atomic E-state index is 12.5. The predicted molar refractivity (Wildman–Crippen MR) is 94.1 cm³/mol. The van der Waals surface area contributed by atoms with Gasteiger partial charge in [-0.15, -0.1) is 0 Å². The molecular formula is C21H32O2. The minimum absolute atomic E-state index is 0.0123. The van der Waals surface area contributed by atoms with Gasteiger partial charge in [0.25, 0.3) is 0 Å². The van der Waals surface area contributed by atoms with E-state index in [4.69, 9.17) is 4.74 Å². The van der Waals surface area contributed by atoms with Crippen molar-refractivity contribution in [2.75, 3.05) is 7.11 Å². The zero-order valence-electron chi connectivity index (χ0n) is 15.6. The molecule has 0 amide bonds. The van der Waals surface area contributed by atoms with Crippen LogP contribution >= 0.6 is 0 Å². The maximum Gasteiger partial charge on any atom is 0.311 e. The van der Waals surface area contributed by atoms with E-state index in [0.717, 1.165) is 19.3 Å². The minimum Gasteiger partial charge on any atom is -0.469 e. The predicted octanol–water partition coefficient (Wildman–Crippen LogP) is 5.58.